The molecule has 0 aliphatic rings. The van der Waals surface area contributed by atoms with Gasteiger partial charge in [0, 0.05) is 31.4 Å². The van der Waals surface area contributed by atoms with Crippen molar-refractivity contribution >= 4 is 15.8 Å². The van der Waals surface area contributed by atoms with Gasteiger partial charge in [-0.2, -0.15) is 0 Å². The van der Waals surface area contributed by atoms with Gasteiger partial charge in [-0.05, 0) is 27.0 Å². The number of likely N-dealkylation sites (N-methyl/N-ethyl adjacent to an activating group) is 1. The molecule has 1 rings (SSSR count). The summed E-state index contributed by atoms with van der Waals surface area (Å²) in [5, 5.41) is 0. The molecule has 0 radical (unpaired) electrons. The van der Waals surface area contributed by atoms with Crippen LogP contribution in [-0.2, 0) is 10.0 Å². The number of aromatic nitrogens is 1. The second-order valence-corrected chi connectivity index (χ2v) is 6.26. The molecule has 8 heteroatoms. The van der Waals surface area contributed by atoms with E-state index in [2.05, 4.69) is 33.9 Å². The lowest BCUT2D eigenvalue weighted by molar-refractivity contribution is 0.278. The molecule has 0 aromatic carbocycles. The third-order valence-corrected chi connectivity index (χ3v) is 4.29. The molecule has 108 valence electrons. The highest BCUT2D eigenvalue weighted by Crippen LogP contribution is 2.11. The van der Waals surface area contributed by atoms with E-state index in [-0.39, 0.29) is 4.90 Å². The standard InChI is InChI=1S/C11H21N5O2S/c1-9(2)16(3)7-6-14-19(17,18)10-4-5-13-11(8-10)15-12/h4-5,8-9,14H,6-7,12H2,1-3H3,(H,13,15). The summed E-state index contributed by atoms with van der Waals surface area (Å²) in [4.78, 5) is 6.07. The largest absolute Gasteiger partial charge is 0.308 e. The summed E-state index contributed by atoms with van der Waals surface area (Å²) in [6, 6.07) is 3.18. The summed E-state index contributed by atoms with van der Waals surface area (Å²) in [6.07, 6.45) is 1.39. The number of pyridine rings is 1. The van der Waals surface area contributed by atoms with Crippen molar-refractivity contribution in [2.24, 2.45) is 5.84 Å². The Kier molecular flexibility index (Phi) is 5.67. The van der Waals surface area contributed by atoms with Crippen LogP contribution >= 0.6 is 0 Å². The molecule has 0 saturated heterocycles. The summed E-state index contributed by atoms with van der Waals surface area (Å²) in [5.74, 6) is 5.51. The molecule has 1 aromatic heterocycles. The highest BCUT2D eigenvalue weighted by Gasteiger charge is 2.14. The lowest BCUT2D eigenvalue weighted by atomic mass is 10.3. The molecule has 0 aliphatic carbocycles. The van der Waals surface area contributed by atoms with Crippen molar-refractivity contribution in [3.8, 4) is 0 Å². The molecule has 0 atom stereocenters. The van der Waals surface area contributed by atoms with E-state index < -0.39 is 10.0 Å². The maximum atomic E-state index is 12.0. The highest BCUT2D eigenvalue weighted by molar-refractivity contribution is 7.89. The Labute approximate surface area is 114 Å². The molecule has 0 amide bonds. The molecule has 19 heavy (non-hydrogen) atoms. The average Bonchev–Trinajstić information content (AvgIpc) is 2.38. The van der Waals surface area contributed by atoms with Crippen LogP contribution in [0.3, 0.4) is 0 Å². The van der Waals surface area contributed by atoms with Crippen molar-refractivity contribution in [1.29, 1.82) is 0 Å². The van der Waals surface area contributed by atoms with Crippen LogP contribution in [0.4, 0.5) is 5.82 Å². The number of nitrogens with zero attached hydrogens (tertiary/aromatic N) is 2. The minimum Gasteiger partial charge on any atom is -0.308 e. The van der Waals surface area contributed by atoms with Crippen molar-refractivity contribution in [1.82, 2.24) is 14.6 Å². The van der Waals surface area contributed by atoms with E-state index in [0.717, 1.165) is 0 Å². The summed E-state index contributed by atoms with van der Waals surface area (Å²) in [5.41, 5.74) is 2.32. The van der Waals surface area contributed by atoms with Crippen molar-refractivity contribution in [3.63, 3.8) is 0 Å². The van der Waals surface area contributed by atoms with Crippen LogP contribution in [0.25, 0.3) is 0 Å². The van der Waals surface area contributed by atoms with Crippen molar-refractivity contribution in [3.05, 3.63) is 18.3 Å². The summed E-state index contributed by atoms with van der Waals surface area (Å²) >= 11 is 0. The Hall–Kier alpha value is -1.22. The van der Waals surface area contributed by atoms with E-state index in [1.54, 1.807) is 0 Å². The van der Waals surface area contributed by atoms with E-state index in [9.17, 15) is 8.42 Å². The van der Waals surface area contributed by atoms with Gasteiger partial charge < -0.3 is 10.3 Å². The third kappa shape index (κ3) is 4.75. The Morgan fingerprint density at radius 3 is 2.74 bits per heavy atom. The molecule has 0 aliphatic heterocycles. The van der Waals surface area contributed by atoms with Gasteiger partial charge in [0.1, 0.15) is 5.82 Å². The summed E-state index contributed by atoms with van der Waals surface area (Å²) in [7, 11) is -1.58. The van der Waals surface area contributed by atoms with Gasteiger partial charge in [0.25, 0.3) is 0 Å². The van der Waals surface area contributed by atoms with E-state index in [4.69, 9.17) is 5.84 Å². The van der Waals surface area contributed by atoms with Crippen LogP contribution in [0.1, 0.15) is 13.8 Å². The zero-order valence-electron chi connectivity index (χ0n) is 11.4. The van der Waals surface area contributed by atoms with E-state index >= 15 is 0 Å². The predicted octanol–water partition coefficient (Wildman–Crippen LogP) is -0.0143. The number of hydrogen-bond donors (Lipinski definition) is 3. The topological polar surface area (TPSA) is 100 Å². The summed E-state index contributed by atoms with van der Waals surface area (Å²) in [6.45, 7) is 5.10. The maximum absolute atomic E-state index is 12.0. The number of hydrazine groups is 1. The van der Waals surface area contributed by atoms with Gasteiger partial charge in [-0.1, -0.05) is 0 Å². The van der Waals surface area contributed by atoms with Crippen LogP contribution in [0.2, 0.25) is 0 Å². The lowest BCUT2D eigenvalue weighted by Gasteiger charge is -2.20. The lowest BCUT2D eigenvalue weighted by Crippen LogP contribution is -2.36. The number of sulfonamides is 1. The zero-order chi connectivity index (χ0) is 14.5. The van der Waals surface area contributed by atoms with Gasteiger partial charge in [0.15, 0.2) is 0 Å². The van der Waals surface area contributed by atoms with Gasteiger partial charge in [-0.3, -0.25) is 0 Å². The van der Waals surface area contributed by atoms with Gasteiger partial charge in [-0.25, -0.2) is 24.0 Å². The third-order valence-electron chi connectivity index (χ3n) is 2.83. The van der Waals surface area contributed by atoms with Crippen LogP contribution < -0.4 is 16.0 Å². The fourth-order valence-electron chi connectivity index (χ4n) is 1.36. The smallest absolute Gasteiger partial charge is 0.240 e. The number of anilines is 1. The maximum Gasteiger partial charge on any atom is 0.240 e. The molecule has 0 unspecified atom stereocenters. The molecule has 4 N–H and O–H groups in total. The highest BCUT2D eigenvalue weighted by atomic mass is 32.2. The molecular weight excluding hydrogens is 266 g/mol. The molecule has 1 aromatic rings. The monoisotopic (exact) mass is 287 g/mol. The predicted molar refractivity (Wildman–Crippen MR) is 75.0 cm³/mol. The first-order valence-electron chi connectivity index (χ1n) is 5.99. The molecule has 0 fully saturated rings. The molecule has 0 saturated carbocycles. The molecule has 1 heterocycles. The second-order valence-electron chi connectivity index (χ2n) is 4.49. The van der Waals surface area contributed by atoms with Crippen LogP contribution in [0, 0.1) is 0 Å². The average molecular weight is 287 g/mol. The first kappa shape index (κ1) is 15.8. The SMILES string of the molecule is CC(C)N(C)CCNS(=O)(=O)c1ccnc(NN)c1. The first-order chi connectivity index (χ1) is 8.86. The first-order valence-corrected chi connectivity index (χ1v) is 7.47. The van der Waals surface area contributed by atoms with Crippen LogP contribution in [-0.4, -0.2) is 44.5 Å². The number of rotatable bonds is 7. The fraction of sp³-hybridized carbons (Fsp3) is 0.545. The van der Waals surface area contributed by atoms with Crippen LogP contribution in [0.5, 0.6) is 0 Å². The second kappa shape index (κ2) is 6.80. The number of hydrogen-bond acceptors (Lipinski definition) is 6. The Morgan fingerprint density at radius 1 is 1.47 bits per heavy atom. The fourth-order valence-corrected chi connectivity index (χ4v) is 2.39. The summed E-state index contributed by atoms with van der Waals surface area (Å²) < 4.78 is 26.6. The minimum atomic E-state index is -3.53. The Bertz CT molecular complexity index is 504. The Morgan fingerprint density at radius 2 is 2.16 bits per heavy atom. The Balaban J connectivity index is 2.65. The number of nitrogen functional groups attached to an aromatic ring is 1. The van der Waals surface area contributed by atoms with Gasteiger partial charge in [-0.15, -0.1) is 0 Å². The zero-order valence-corrected chi connectivity index (χ0v) is 12.2. The van der Waals surface area contributed by atoms with Crippen molar-refractivity contribution in [2.75, 3.05) is 25.6 Å². The molecule has 0 spiro atoms. The number of nitrogens with two attached hydrogens (primary N) is 1. The van der Waals surface area contributed by atoms with E-state index in [1.165, 1.54) is 18.3 Å². The minimum absolute atomic E-state index is 0.141. The number of nitrogens with one attached hydrogen (secondary N) is 2. The van der Waals surface area contributed by atoms with Gasteiger partial charge in [0.05, 0.1) is 4.90 Å². The normalized spacial score (nSPS) is 12.1. The van der Waals surface area contributed by atoms with Crippen LogP contribution in [0.15, 0.2) is 23.2 Å². The molecule has 7 nitrogen and oxygen atoms in total. The molecular formula is C11H21N5O2S. The van der Waals surface area contributed by atoms with Crippen molar-refractivity contribution < 1.29 is 8.42 Å². The quantitative estimate of drug-likeness (QED) is 0.481. The molecule has 0 bridgehead atoms. The van der Waals surface area contributed by atoms with E-state index in [0.29, 0.717) is 24.9 Å². The van der Waals surface area contributed by atoms with Crippen molar-refractivity contribution in [2.45, 2.75) is 24.8 Å². The van der Waals surface area contributed by atoms with E-state index in [1.807, 2.05) is 7.05 Å². The van der Waals surface area contributed by atoms with Gasteiger partial charge >= 0.3 is 0 Å². The van der Waals surface area contributed by atoms with Gasteiger partial charge in [0.2, 0.25) is 10.0 Å².